The van der Waals surface area contributed by atoms with Crippen LogP contribution in [0.1, 0.15) is 20.3 Å². The van der Waals surface area contributed by atoms with Crippen LogP contribution in [-0.2, 0) is 14.6 Å². The summed E-state index contributed by atoms with van der Waals surface area (Å²) < 4.78 is 24.8. The van der Waals surface area contributed by atoms with Crippen LogP contribution < -0.4 is 0 Å². The normalized spacial score (nSPS) is 22.4. The number of hydrogen-bond acceptors (Lipinski definition) is 5. The minimum absolute atomic E-state index is 0.0502. The zero-order valence-corrected chi connectivity index (χ0v) is 16.5. The Morgan fingerprint density at radius 1 is 1.08 bits per heavy atom. The molecule has 1 atom stereocenters. The summed E-state index contributed by atoms with van der Waals surface area (Å²) in [6, 6.07) is 9.24. The maximum absolute atomic E-state index is 12.6. The largest absolute Gasteiger partial charge is 0.340 e. The molecule has 2 aliphatic rings. The topological polar surface area (TPSA) is 60.9 Å². The molecule has 2 aliphatic heterocycles. The molecule has 0 spiro atoms. The summed E-state index contributed by atoms with van der Waals surface area (Å²) in [6.07, 6.45) is 0.0534. The number of fused-ring (bicyclic) bond motifs is 1. The van der Waals surface area contributed by atoms with Crippen LogP contribution in [0, 0.1) is 0 Å². The van der Waals surface area contributed by atoms with Crippen LogP contribution in [0.25, 0.3) is 0 Å². The highest BCUT2D eigenvalue weighted by atomic mass is 32.2. The van der Waals surface area contributed by atoms with E-state index >= 15 is 0 Å². The number of carbonyl (C=O) groups excluding carboxylic acids is 1. The van der Waals surface area contributed by atoms with Crippen molar-refractivity contribution < 1.29 is 13.2 Å². The summed E-state index contributed by atoms with van der Waals surface area (Å²) in [5.74, 6) is -0.176. The molecule has 0 radical (unpaired) electrons. The lowest BCUT2D eigenvalue weighted by Gasteiger charge is -2.48. The quantitative estimate of drug-likeness (QED) is 0.766. The predicted octanol–water partition coefficient (Wildman–Crippen LogP) is 1.09. The van der Waals surface area contributed by atoms with Crippen molar-refractivity contribution >= 4 is 15.7 Å². The van der Waals surface area contributed by atoms with Crippen molar-refractivity contribution in [3.8, 4) is 0 Å². The standard InChI is InChI=1S/C19H29N3O3S/c1-16(2)21-11-9-20-10-12-22(15-17(20)14-21)19(23)8-13-26(24,25)18-6-4-3-5-7-18/h3-7,16-17H,8-15H2,1-2H3/t17-/m1/s1. The zero-order chi connectivity index (χ0) is 18.7. The van der Waals surface area contributed by atoms with Gasteiger partial charge in [0.05, 0.1) is 10.6 Å². The van der Waals surface area contributed by atoms with Crippen LogP contribution in [0.15, 0.2) is 35.2 Å². The zero-order valence-electron chi connectivity index (χ0n) is 15.7. The highest BCUT2D eigenvalue weighted by Crippen LogP contribution is 2.18. The molecule has 144 valence electrons. The SMILES string of the molecule is CC(C)N1CCN2CCN(C(=O)CCS(=O)(=O)c3ccccc3)C[C@H]2C1. The molecule has 0 N–H and O–H groups in total. The van der Waals surface area contributed by atoms with Crippen molar-refractivity contribution in [2.24, 2.45) is 0 Å². The second-order valence-corrected chi connectivity index (χ2v) is 9.61. The third-order valence-electron chi connectivity index (χ3n) is 5.49. The summed E-state index contributed by atoms with van der Waals surface area (Å²) in [5.41, 5.74) is 0. The number of sulfone groups is 1. The Kier molecular flexibility index (Phi) is 5.99. The third-order valence-corrected chi connectivity index (χ3v) is 7.23. The number of benzene rings is 1. The molecule has 2 fully saturated rings. The molecular formula is C19H29N3O3S. The Balaban J connectivity index is 1.55. The molecule has 26 heavy (non-hydrogen) atoms. The number of hydrogen-bond donors (Lipinski definition) is 0. The second kappa shape index (κ2) is 8.06. The van der Waals surface area contributed by atoms with Gasteiger partial charge in [0.1, 0.15) is 0 Å². The summed E-state index contributed by atoms with van der Waals surface area (Å²) in [4.78, 5) is 19.7. The average Bonchev–Trinajstić information content (AvgIpc) is 2.66. The summed E-state index contributed by atoms with van der Waals surface area (Å²) in [7, 11) is -3.40. The van der Waals surface area contributed by atoms with E-state index in [4.69, 9.17) is 0 Å². The lowest BCUT2D eigenvalue weighted by Crippen LogP contribution is -2.63. The van der Waals surface area contributed by atoms with E-state index in [0.29, 0.717) is 25.2 Å². The Morgan fingerprint density at radius 3 is 2.46 bits per heavy atom. The fraction of sp³-hybridized carbons (Fsp3) is 0.632. The molecule has 0 aliphatic carbocycles. The van der Waals surface area contributed by atoms with E-state index in [2.05, 4.69) is 23.6 Å². The first-order valence-corrected chi connectivity index (χ1v) is 11.1. The van der Waals surface area contributed by atoms with Crippen molar-refractivity contribution in [2.45, 2.75) is 37.2 Å². The second-order valence-electron chi connectivity index (χ2n) is 7.50. The smallest absolute Gasteiger partial charge is 0.223 e. The average molecular weight is 380 g/mol. The molecule has 3 rings (SSSR count). The van der Waals surface area contributed by atoms with Gasteiger partial charge in [0.15, 0.2) is 9.84 Å². The van der Waals surface area contributed by atoms with Crippen molar-refractivity contribution in [3.05, 3.63) is 30.3 Å². The minimum Gasteiger partial charge on any atom is -0.340 e. The van der Waals surface area contributed by atoms with Crippen LogP contribution in [0.2, 0.25) is 0 Å². The molecule has 1 amide bonds. The van der Waals surface area contributed by atoms with Gasteiger partial charge in [-0.3, -0.25) is 14.6 Å². The predicted molar refractivity (Wildman–Crippen MR) is 102 cm³/mol. The highest BCUT2D eigenvalue weighted by molar-refractivity contribution is 7.91. The Morgan fingerprint density at radius 2 is 1.77 bits per heavy atom. The molecule has 0 aromatic heterocycles. The van der Waals surface area contributed by atoms with E-state index in [9.17, 15) is 13.2 Å². The van der Waals surface area contributed by atoms with Crippen LogP contribution in [-0.4, -0.2) is 86.1 Å². The molecule has 1 aromatic rings. The summed E-state index contributed by atoms with van der Waals surface area (Å²) in [5, 5.41) is 0. The first-order chi connectivity index (χ1) is 12.4. The van der Waals surface area contributed by atoms with E-state index in [1.807, 2.05) is 4.90 Å². The molecule has 7 heteroatoms. The van der Waals surface area contributed by atoms with Gasteiger partial charge in [-0.05, 0) is 26.0 Å². The monoisotopic (exact) mass is 379 g/mol. The van der Waals surface area contributed by atoms with Gasteiger partial charge >= 0.3 is 0 Å². The number of piperazine rings is 2. The number of carbonyl (C=O) groups is 1. The molecule has 0 saturated carbocycles. The fourth-order valence-corrected chi connectivity index (χ4v) is 5.05. The number of rotatable bonds is 5. The molecule has 0 bridgehead atoms. The van der Waals surface area contributed by atoms with Gasteiger partial charge < -0.3 is 4.90 Å². The van der Waals surface area contributed by atoms with E-state index in [1.165, 1.54) is 0 Å². The Bertz CT molecular complexity index is 721. The van der Waals surface area contributed by atoms with Gasteiger partial charge in [0.2, 0.25) is 5.91 Å². The van der Waals surface area contributed by atoms with Crippen LogP contribution in [0.4, 0.5) is 0 Å². The highest BCUT2D eigenvalue weighted by Gasteiger charge is 2.34. The van der Waals surface area contributed by atoms with Crippen LogP contribution in [0.3, 0.4) is 0 Å². The van der Waals surface area contributed by atoms with Gasteiger partial charge in [0, 0.05) is 57.8 Å². The number of amides is 1. The van der Waals surface area contributed by atoms with Crippen molar-refractivity contribution in [2.75, 3.05) is 45.0 Å². The first-order valence-electron chi connectivity index (χ1n) is 9.40. The van der Waals surface area contributed by atoms with Gasteiger partial charge in [-0.25, -0.2) is 8.42 Å². The lowest BCUT2D eigenvalue weighted by molar-refractivity contribution is -0.135. The van der Waals surface area contributed by atoms with Gasteiger partial charge in [-0.15, -0.1) is 0 Å². The maximum atomic E-state index is 12.6. The van der Waals surface area contributed by atoms with Crippen molar-refractivity contribution in [1.29, 1.82) is 0 Å². The molecule has 0 unspecified atom stereocenters. The Labute approximate surface area is 156 Å². The molecule has 6 nitrogen and oxygen atoms in total. The van der Waals surface area contributed by atoms with Gasteiger partial charge in [0.25, 0.3) is 0 Å². The lowest BCUT2D eigenvalue weighted by atomic mass is 10.1. The maximum Gasteiger partial charge on any atom is 0.223 e. The Hall–Kier alpha value is -1.44. The van der Waals surface area contributed by atoms with Gasteiger partial charge in [-0.1, -0.05) is 18.2 Å². The van der Waals surface area contributed by atoms with E-state index in [-0.39, 0.29) is 23.0 Å². The first kappa shape index (κ1) is 19.3. The summed E-state index contributed by atoms with van der Waals surface area (Å²) >= 11 is 0. The molecule has 2 saturated heterocycles. The van der Waals surface area contributed by atoms with E-state index in [0.717, 1.165) is 26.2 Å². The molecule has 1 aromatic carbocycles. The van der Waals surface area contributed by atoms with E-state index < -0.39 is 9.84 Å². The fourth-order valence-electron chi connectivity index (χ4n) is 3.80. The van der Waals surface area contributed by atoms with E-state index in [1.54, 1.807) is 30.3 Å². The molecule has 2 heterocycles. The minimum atomic E-state index is -3.40. The summed E-state index contributed by atoms with van der Waals surface area (Å²) in [6.45, 7) is 9.80. The third kappa shape index (κ3) is 4.45. The molecular weight excluding hydrogens is 350 g/mol. The number of nitrogens with zero attached hydrogens (tertiary/aromatic N) is 3. The van der Waals surface area contributed by atoms with Crippen LogP contribution >= 0.6 is 0 Å². The van der Waals surface area contributed by atoms with Gasteiger partial charge in [-0.2, -0.15) is 0 Å². The van der Waals surface area contributed by atoms with Crippen LogP contribution in [0.5, 0.6) is 0 Å². The van der Waals surface area contributed by atoms with Crippen molar-refractivity contribution in [1.82, 2.24) is 14.7 Å². The van der Waals surface area contributed by atoms with Crippen molar-refractivity contribution in [3.63, 3.8) is 0 Å².